The number of aromatic nitrogens is 2. The van der Waals surface area contributed by atoms with E-state index in [2.05, 4.69) is 44.3 Å². The van der Waals surface area contributed by atoms with Gasteiger partial charge in [0, 0.05) is 47.2 Å². The van der Waals surface area contributed by atoms with E-state index in [0.29, 0.717) is 6.04 Å². The van der Waals surface area contributed by atoms with Crippen LogP contribution < -0.4 is 5.32 Å². The molecule has 0 aliphatic rings. The molecule has 0 bridgehead atoms. The average Bonchev–Trinajstić information content (AvgIpc) is 2.71. The molecule has 0 aliphatic carbocycles. The second kappa shape index (κ2) is 6.48. The van der Waals surface area contributed by atoms with E-state index in [-0.39, 0.29) is 5.54 Å². The first-order valence-corrected chi connectivity index (χ1v) is 8.09. The summed E-state index contributed by atoms with van der Waals surface area (Å²) in [7, 11) is -0.698. The van der Waals surface area contributed by atoms with Crippen molar-refractivity contribution in [3.05, 3.63) is 18.0 Å². The van der Waals surface area contributed by atoms with Crippen LogP contribution in [-0.4, -0.2) is 32.0 Å². The molecular weight excluding hydrogens is 246 g/mol. The number of nitrogens with one attached hydrogen (secondary N) is 1. The zero-order valence-corrected chi connectivity index (χ0v) is 12.9. The van der Waals surface area contributed by atoms with Crippen molar-refractivity contribution in [2.24, 2.45) is 0 Å². The second-order valence-electron chi connectivity index (χ2n) is 5.81. The molecule has 104 valence electrons. The van der Waals surface area contributed by atoms with Crippen molar-refractivity contribution in [3.8, 4) is 0 Å². The first kappa shape index (κ1) is 15.4. The standard InChI is InChI=1S/C13H25N3OS/c1-11(6-7-18(5)17)14-8-12-9-15-16(10-12)13(2,3)4/h9-11,14H,6-8H2,1-5H3. The maximum absolute atomic E-state index is 11.0. The van der Waals surface area contributed by atoms with Gasteiger partial charge in [0.1, 0.15) is 0 Å². The summed E-state index contributed by atoms with van der Waals surface area (Å²) in [5.74, 6) is 0.759. The molecule has 2 unspecified atom stereocenters. The van der Waals surface area contributed by atoms with Gasteiger partial charge in [-0.2, -0.15) is 5.10 Å². The van der Waals surface area contributed by atoms with Gasteiger partial charge in [-0.1, -0.05) is 0 Å². The van der Waals surface area contributed by atoms with Crippen LogP contribution in [0.5, 0.6) is 0 Å². The van der Waals surface area contributed by atoms with Crippen molar-refractivity contribution in [2.75, 3.05) is 12.0 Å². The van der Waals surface area contributed by atoms with Gasteiger partial charge >= 0.3 is 0 Å². The first-order valence-electron chi connectivity index (χ1n) is 6.36. The Morgan fingerprint density at radius 2 is 2.17 bits per heavy atom. The summed E-state index contributed by atoms with van der Waals surface area (Å²) in [6.07, 6.45) is 6.68. The van der Waals surface area contributed by atoms with E-state index in [0.717, 1.165) is 18.7 Å². The molecule has 0 aromatic carbocycles. The summed E-state index contributed by atoms with van der Waals surface area (Å²) in [6, 6.07) is 0.381. The molecule has 1 aromatic heterocycles. The van der Waals surface area contributed by atoms with Gasteiger partial charge in [0.2, 0.25) is 0 Å². The van der Waals surface area contributed by atoms with Gasteiger partial charge in [-0.15, -0.1) is 0 Å². The zero-order valence-electron chi connectivity index (χ0n) is 12.1. The van der Waals surface area contributed by atoms with E-state index in [4.69, 9.17) is 0 Å². The van der Waals surface area contributed by atoms with Crippen molar-refractivity contribution in [3.63, 3.8) is 0 Å². The largest absolute Gasteiger partial charge is 0.310 e. The number of hydrogen-bond donors (Lipinski definition) is 1. The number of nitrogens with zero attached hydrogens (tertiary/aromatic N) is 2. The SMILES string of the molecule is CC(CCS(C)=O)NCc1cnn(C(C)(C)C)c1. The van der Waals surface area contributed by atoms with Crippen LogP contribution in [0.1, 0.15) is 39.7 Å². The van der Waals surface area contributed by atoms with Crippen molar-refractivity contribution < 1.29 is 4.21 Å². The highest BCUT2D eigenvalue weighted by Gasteiger charge is 2.14. The normalized spacial score (nSPS) is 15.6. The van der Waals surface area contributed by atoms with E-state index >= 15 is 0 Å². The molecule has 5 heteroatoms. The average molecular weight is 271 g/mol. The molecule has 0 spiro atoms. The molecule has 0 aliphatic heterocycles. The van der Waals surface area contributed by atoms with Crippen molar-refractivity contribution in [1.29, 1.82) is 0 Å². The highest BCUT2D eigenvalue weighted by molar-refractivity contribution is 7.84. The Balaban J connectivity index is 2.39. The summed E-state index contributed by atoms with van der Waals surface area (Å²) in [4.78, 5) is 0. The Bertz CT molecular complexity index is 395. The molecule has 0 saturated carbocycles. The third kappa shape index (κ3) is 5.31. The van der Waals surface area contributed by atoms with Crippen LogP contribution in [-0.2, 0) is 22.9 Å². The molecule has 1 rings (SSSR count). The fourth-order valence-electron chi connectivity index (χ4n) is 1.56. The molecule has 0 radical (unpaired) electrons. The molecular formula is C13H25N3OS. The molecule has 0 saturated heterocycles. The van der Waals surface area contributed by atoms with Gasteiger partial charge in [-0.25, -0.2) is 0 Å². The van der Waals surface area contributed by atoms with Gasteiger partial charge in [0.15, 0.2) is 0 Å². The third-order valence-corrected chi connectivity index (χ3v) is 3.63. The van der Waals surface area contributed by atoms with E-state index < -0.39 is 10.8 Å². The van der Waals surface area contributed by atoms with Crippen LogP contribution in [0.25, 0.3) is 0 Å². The fourth-order valence-corrected chi connectivity index (χ4v) is 2.24. The van der Waals surface area contributed by atoms with Crippen LogP contribution in [0, 0.1) is 0 Å². The number of hydrogen-bond acceptors (Lipinski definition) is 3. The van der Waals surface area contributed by atoms with E-state index in [1.54, 1.807) is 6.26 Å². The summed E-state index contributed by atoms with van der Waals surface area (Å²) in [5.41, 5.74) is 1.22. The van der Waals surface area contributed by atoms with Gasteiger partial charge in [-0.05, 0) is 34.1 Å². The van der Waals surface area contributed by atoms with Crippen LogP contribution in [0.4, 0.5) is 0 Å². The van der Waals surface area contributed by atoms with Crippen molar-refractivity contribution in [1.82, 2.24) is 15.1 Å². The topological polar surface area (TPSA) is 46.9 Å². The molecule has 1 N–H and O–H groups in total. The quantitative estimate of drug-likeness (QED) is 0.859. The molecule has 4 nitrogen and oxygen atoms in total. The maximum atomic E-state index is 11.0. The first-order chi connectivity index (χ1) is 8.29. The summed E-state index contributed by atoms with van der Waals surface area (Å²) in [6.45, 7) is 9.35. The molecule has 2 atom stereocenters. The lowest BCUT2D eigenvalue weighted by atomic mass is 10.1. The lowest BCUT2D eigenvalue weighted by molar-refractivity contribution is 0.355. The van der Waals surface area contributed by atoms with Crippen LogP contribution >= 0.6 is 0 Å². The Morgan fingerprint density at radius 3 is 2.67 bits per heavy atom. The van der Waals surface area contributed by atoms with Gasteiger partial charge in [0.05, 0.1) is 11.7 Å². The minimum Gasteiger partial charge on any atom is -0.310 e. The molecule has 18 heavy (non-hydrogen) atoms. The third-order valence-electron chi connectivity index (χ3n) is 2.82. The maximum Gasteiger partial charge on any atom is 0.0543 e. The highest BCUT2D eigenvalue weighted by atomic mass is 32.2. The predicted molar refractivity (Wildman–Crippen MR) is 77.1 cm³/mol. The molecule has 0 fully saturated rings. The minimum atomic E-state index is -0.698. The van der Waals surface area contributed by atoms with E-state index in [9.17, 15) is 4.21 Å². The van der Waals surface area contributed by atoms with Crippen molar-refractivity contribution >= 4 is 10.8 Å². The van der Waals surface area contributed by atoms with E-state index in [1.165, 1.54) is 5.56 Å². The van der Waals surface area contributed by atoms with Gasteiger partial charge in [0.25, 0.3) is 0 Å². The Labute approximate surface area is 113 Å². The molecule has 0 amide bonds. The lowest BCUT2D eigenvalue weighted by Crippen LogP contribution is -2.27. The summed E-state index contributed by atoms with van der Waals surface area (Å²) >= 11 is 0. The second-order valence-corrected chi connectivity index (χ2v) is 7.37. The summed E-state index contributed by atoms with van der Waals surface area (Å²) < 4.78 is 13.0. The van der Waals surface area contributed by atoms with Crippen molar-refractivity contribution in [2.45, 2.75) is 52.2 Å². The van der Waals surface area contributed by atoms with Crippen LogP contribution in [0.3, 0.4) is 0 Å². The molecule has 1 aromatic rings. The van der Waals surface area contributed by atoms with Gasteiger partial charge < -0.3 is 5.32 Å². The zero-order chi connectivity index (χ0) is 13.8. The monoisotopic (exact) mass is 271 g/mol. The Hall–Kier alpha value is -0.680. The Kier molecular flexibility index (Phi) is 5.53. The highest BCUT2D eigenvalue weighted by Crippen LogP contribution is 2.13. The summed E-state index contributed by atoms with van der Waals surface area (Å²) in [5, 5.41) is 7.80. The fraction of sp³-hybridized carbons (Fsp3) is 0.769. The van der Waals surface area contributed by atoms with Crippen LogP contribution in [0.2, 0.25) is 0 Å². The lowest BCUT2D eigenvalue weighted by Gasteiger charge is -2.18. The Morgan fingerprint density at radius 1 is 1.50 bits per heavy atom. The smallest absolute Gasteiger partial charge is 0.0543 e. The van der Waals surface area contributed by atoms with Gasteiger partial charge in [-0.3, -0.25) is 8.89 Å². The molecule has 1 heterocycles. The minimum absolute atomic E-state index is 0.0307. The van der Waals surface area contributed by atoms with E-state index in [1.807, 2.05) is 10.9 Å². The predicted octanol–water partition coefficient (Wildman–Crippen LogP) is 1.88. The number of rotatable bonds is 6. The van der Waals surface area contributed by atoms with Crippen LogP contribution in [0.15, 0.2) is 12.4 Å².